The van der Waals surface area contributed by atoms with Crippen molar-refractivity contribution in [1.82, 2.24) is 21.3 Å². The fourth-order valence-electron chi connectivity index (χ4n) is 4.83. The molecule has 4 unspecified atom stereocenters. The number of ether oxygens (including phenoxy) is 2. The molecule has 44 heavy (non-hydrogen) atoms. The zero-order chi connectivity index (χ0) is 31.9. The van der Waals surface area contributed by atoms with E-state index in [1.807, 2.05) is 0 Å². The van der Waals surface area contributed by atoms with Gasteiger partial charge in [-0.1, -0.05) is 54.1 Å². The molecule has 1 aliphatic carbocycles. The Morgan fingerprint density at radius 1 is 1.05 bits per heavy atom. The van der Waals surface area contributed by atoms with Crippen molar-refractivity contribution in [3.63, 3.8) is 0 Å². The standard InChI is InChI=1S/C30H33ClF2N4O7/c1-17(38)43-25(28(41)36-22-10-11-22)23(14-19-12-13-34-27(19)40)37-24(39)16-35-29(42)44-26(18-6-3-2-4-7-18)30(32,33)20-8-5-9-21(31)15-20/h2-9,15,19,22-23,25-26H,10-14,16H2,1H3,(H,34,40)(H,35,42)(H,36,41)(H,37,39). The Hall–Kier alpha value is -4.26. The molecule has 1 saturated heterocycles. The van der Waals surface area contributed by atoms with E-state index in [2.05, 4.69) is 21.3 Å². The number of alkyl carbamates (subject to hydrolysis) is 1. The van der Waals surface area contributed by atoms with E-state index in [1.165, 1.54) is 36.4 Å². The number of rotatable bonds is 13. The molecular weight excluding hydrogens is 602 g/mol. The lowest BCUT2D eigenvalue weighted by Gasteiger charge is -2.29. The Balaban J connectivity index is 1.45. The topological polar surface area (TPSA) is 152 Å². The van der Waals surface area contributed by atoms with Gasteiger partial charge in [-0.15, -0.1) is 0 Å². The van der Waals surface area contributed by atoms with Gasteiger partial charge in [-0.2, -0.15) is 8.78 Å². The van der Waals surface area contributed by atoms with Gasteiger partial charge in [-0.05, 0) is 43.4 Å². The third-order valence-electron chi connectivity index (χ3n) is 7.15. The van der Waals surface area contributed by atoms with Gasteiger partial charge in [0.2, 0.25) is 11.8 Å². The number of hydrogen-bond acceptors (Lipinski definition) is 7. The van der Waals surface area contributed by atoms with E-state index in [4.69, 9.17) is 21.1 Å². The third kappa shape index (κ3) is 8.88. The lowest BCUT2D eigenvalue weighted by molar-refractivity contribution is -0.157. The highest BCUT2D eigenvalue weighted by atomic mass is 35.5. The lowest BCUT2D eigenvalue weighted by atomic mass is 9.94. The maximum atomic E-state index is 15.7. The summed E-state index contributed by atoms with van der Waals surface area (Å²) in [7, 11) is 0. The molecule has 0 radical (unpaired) electrons. The van der Waals surface area contributed by atoms with Crippen molar-refractivity contribution >= 4 is 41.4 Å². The summed E-state index contributed by atoms with van der Waals surface area (Å²) in [4.78, 5) is 62.8. The molecule has 236 valence electrons. The van der Waals surface area contributed by atoms with Gasteiger partial charge in [-0.3, -0.25) is 19.2 Å². The number of amides is 4. The summed E-state index contributed by atoms with van der Waals surface area (Å²) in [6.07, 6.45) is -2.91. The quantitative estimate of drug-likeness (QED) is 0.247. The molecule has 2 aliphatic rings. The smallest absolute Gasteiger partial charge is 0.408 e. The van der Waals surface area contributed by atoms with Gasteiger partial charge in [0.25, 0.3) is 5.91 Å². The Morgan fingerprint density at radius 2 is 1.77 bits per heavy atom. The number of benzene rings is 2. The number of esters is 1. The van der Waals surface area contributed by atoms with Crippen molar-refractivity contribution in [3.8, 4) is 0 Å². The molecule has 2 aromatic carbocycles. The summed E-state index contributed by atoms with van der Waals surface area (Å²) in [6.45, 7) is 0.790. The predicted molar refractivity (Wildman–Crippen MR) is 153 cm³/mol. The monoisotopic (exact) mass is 634 g/mol. The van der Waals surface area contributed by atoms with Crippen LogP contribution in [0, 0.1) is 5.92 Å². The van der Waals surface area contributed by atoms with E-state index < -0.39 is 66.1 Å². The van der Waals surface area contributed by atoms with Crippen LogP contribution in [0.2, 0.25) is 5.02 Å². The summed E-state index contributed by atoms with van der Waals surface area (Å²) in [5, 5.41) is 10.2. The van der Waals surface area contributed by atoms with Crippen LogP contribution in [0.4, 0.5) is 13.6 Å². The molecule has 14 heteroatoms. The van der Waals surface area contributed by atoms with Gasteiger partial charge in [0.15, 0.2) is 12.2 Å². The summed E-state index contributed by atoms with van der Waals surface area (Å²) in [6, 6.07) is 11.2. The first-order valence-electron chi connectivity index (χ1n) is 14.1. The van der Waals surface area contributed by atoms with Gasteiger partial charge in [0, 0.05) is 36.0 Å². The van der Waals surface area contributed by atoms with E-state index in [1.54, 1.807) is 6.07 Å². The van der Waals surface area contributed by atoms with Crippen LogP contribution in [-0.4, -0.2) is 61.1 Å². The number of alkyl halides is 2. The first kappa shape index (κ1) is 32.6. The molecule has 4 rings (SSSR count). The Morgan fingerprint density at radius 3 is 2.39 bits per heavy atom. The molecule has 1 aliphatic heterocycles. The van der Waals surface area contributed by atoms with Crippen LogP contribution in [-0.2, 0) is 34.6 Å². The summed E-state index contributed by atoms with van der Waals surface area (Å²) >= 11 is 5.92. The van der Waals surface area contributed by atoms with Gasteiger partial charge in [0.1, 0.15) is 6.54 Å². The summed E-state index contributed by atoms with van der Waals surface area (Å²) < 4.78 is 41.7. The molecule has 4 amide bonds. The molecule has 0 bridgehead atoms. The first-order valence-corrected chi connectivity index (χ1v) is 14.5. The van der Waals surface area contributed by atoms with Gasteiger partial charge in [-0.25, -0.2) is 4.79 Å². The Labute approximate surface area is 257 Å². The second-order valence-electron chi connectivity index (χ2n) is 10.7. The van der Waals surface area contributed by atoms with Crippen molar-refractivity contribution in [3.05, 3.63) is 70.7 Å². The highest BCUT2D eigenvalue weighted by Gasteiger charge is 2.46. The SMILES string of the molecule is CC(=O)OC(C(=O)NC1CC1)C(CC1CCNC1=O)NC(=O)CNC(=O)OC(c1ccccc1)C(F)(F)c1cccc(Cl)c1. The first-order chi connectivity index (χ1) is 20.9. The Kier molecular flexibility index (Phi) is 10.7. The van der Waals surface area contributed by atoms with Crippen molar-refractivity contribution < 1.29 is 42.2 Å². The summed E-state index contributed by atoms with van der Waals surface area (Å²) in [5.74, 6) is -6.78. The fourth-order valence-corrected chi connectivity index (χ4v) is 5.02. The molecule has 4 N–H and O–H groups in total. The Bertz CT molecular complexity index is 1380. The van der Waals surface area contributed by atoms with E-state index in [-0.39, 0.29) is 29.0 Å². The van der Waals surface area contributed by atoms with Gasteiger partial charge < -0.3 is 30.7 Å². The number of hydrogen-bond donors (Lipinski definition) is 4. The van der Waals surface area contributed by atoms with Crippen LogP contribution >= 0.6 is 11.6 Å². The van der Waals surface area contributed by atoms with E-state index in [0.29, 0.717) is 13.0 Å². The second-order valence-corrected chi connectivity index (χ2v) is 11.1. The lowest BCUT2D eigenvalue weighted by Crippen LogP contribution is -2.55. The molecular formula is C30H33ClF2N4O7. The van der Waals surface area contributed by atoms with E-state index in [0.717, 1.165) is 31.9 Å². The molecule has 2 fully saturated rings. The van der Waals surface area contributed by atoms with Crippen LogP contribution in [0.1, 0.15) is 49.8 Å². The zero-order valence-corrected chi connectivity index (χ0v) is 24.6. The molecule has 4 atom stereocenters. The number of carbonyl (C=O) groups excluding carboxylic acids is 5. The second kappa shape index (κ2) is 14.5. The summed E-state index contributed by atoms with van der Waals surface area (Å²) in [5.41, 5.74) is -0.484. The highest BCUT2D eigenvalue weighted by molar-refractivity contribution is 6.30. The van der Waals surface area contributed by atoms with E-state index >= 15 is 8.78 Å². The minimum atomic E-state index is -3.70. The number of halogens is 3. The maximum Gasteiger partial charge on any atom is 0.408 e. The minimum absolute atomic E-state index is 0.00196. The van der Waals surface area contributed by atoms with E-state index in [9.17, 15) is 24.0 Å². The molecule has 1 heterocycles. The number of carbonyl (C=O) groups is 5. The largest absolute Gasteiger partial charge is 0.450 e. The van der Waals surface area contributed by atoms with Gasteiger partial charge in [0.05, 0.1) is 6.04 Å². The molecule has 0 spiro atoms. The number of nitrogens with one attached hydrogen (secondary N) is 4. The van der Waals surface area contributed by atoms with Crippen LogP contribution < -0.4 is 21.3 Å². The van der Waals surface area contributed by atoms with Crippen LogP contribution in [0.3, 0.4) is 0 Å². The van der Waals surface area contributed by atoms with Crippen LogP contribution in [0.25, 0.3) is 0 Å². The van der Waals surface area contributed by atoms with Crippen molar-refractivity contribution in [2.24, 2.45) is 5.92 Å². The molecule has 2 aromatic rings. The fraction of sp³-hybridized carbons (Fsp3) is 0.433. The van der Waals surface area contributed by atoms with Gasteiger partial charge >= 0.3 is 18.0 Å². The van der Waals surface area contributed by atoms with Crippen molar-refractivity contribution in [2.75, 3.05) is 13.1 Å². The predicted octanol–water partition coefficient (Wildman–Crippen LogP) is 3.12. The molecule has 0 aromatic heterocycles. The van der Waals surface area contributed by atoms with Crippen molar-refractivity contribution in [2.45, 2.75) is 62.8 Å². The van der Waals surface area contributed by atoms with Crippen LogP contribution in [0.5, 0.6) is 0 Å². The minimum Gasteiger partial charge on any atom is -0.450 e. The molecule has 11 nitrogen and oxygen atoms in total. The normalized spacial score (nSPS) is 18.3. The third-order valence-corrected chi connectivity index (χ3v) is 7.38. The zero-order valence-electron chi connectivity index (χ0n) is 23.8. The van der Waals surface area contributed by atoms with Crippen LogP contribution in [0.15, 0.2) is 54.6 Å². The maximum absolute atomic E-state index is 15.7. The van der Waals surface area contributed by atoms with Crippen molar-refractivity contribution in [1.29, 1.82) is 0 Å². The highest BCUT2D eigenvalue weighted by Crippen LogP contribution is 2.43. The molecule has 1 saturated carbocycles. The average Bonchev–Trinajstić information content (AvgIpc) is 3.71. The average molecular weight is 635 g/mol.